The fraction of sp³-hybridized carbons (Fsp3) is 0.444. The highest BCUT2D eigenvalue weighted by molar-refractivity contribution is 5.79. The molecular formula is C18H20F3N3O2. The van der Waals surface area contributed by atoms with Crippen molar-refractivity contribution in [1.29, 1.82) is 0 Å². The van der Waals surface area contributed by atoms with Gasteiger partial charge in [0.15, 0.2) is 17.5 Å². The Morgan fingerprint density at radius 3 is 2.15 bits per heavy atom. The fourth-order valence-corrected chi connectivity index (χ4v) is 3.50. The van der Waals surface area contributed by atoms with E-state index in [0.717, 1.165) is 37.8 Å². The van der Waals surface area contributed by atoms with E-state index in [4.69, 9.17) is 0 Å². The van der Waals surface area contributed by atoms with Gasteiger partial charge < -0.3 is 15.5 Å². The molecule has 0 aromatic heterocycles. The van der Waals surface area contributed by atoms with Crippen molar-refractivity contribution in [3.8, 4) is 0 Å². The summed E-state index contributed by atoms with van der Waals surface area (Å²) in [4.78, 5) is 25.9. The van der Waals surface area contributed by atoms with E-state index in [0.29, 0.717) is 0 Å². The van der Waals surface area contributed by atoms with Crippen molar-refractivity contribution in [2.24, 2.45) is 0 Å². The topological polar surface area (TPSA) is 61.4 Å². The average Bonchev–Trinajstić information content (AvgIpc) is 2.62. The second-order valence-corrected chi connectivity index (χ2v) is 6.85. The van der Waals surface area contributed by atoms with E-state index < -0.39 is 28.3 Å². The van der Waals surface area contributed by atoms with Gasteiger partial charge >= 0.3 is 0 Å². The van der Waals surface area contributed by atoms with Crippen LogP contribution < -0.4 is 21.5 Å². The molecule has 1 fully saturated rings. The molecule has 0 saturated heterocycles. The lowest BCUT2D eigenvalue weighted by Gasteiger charge is -2.37. The van der Waals surface area contributed by atoms with E-state index >= 15 is 0 Å². The molecule has 0 bridgehead atoms. The maximum Gasteiger partial charge on any atom is 0.253 e. The summed E-state index contributed by atoms with van der Waals surface area (Å²) in [7, 11) is 3.91. The van der Waals surface area contributed by atoms with Crippen molar-refractivity contribution in [1.82, 2.24) is 4.90 Å². The molecule has 26 heavy (non-hydrogen) atoms. The average molecular weight is 367 g/mol. The minimum absolute atomic E-state index is 0.00992. The quantitative estimate of drug-likeness (QED) is 0.629. The molecule has 0 amide bonds. The van der Waals surface area contributed by atoms with Gasteiger partial charge in [-0.1, -0.05) is 12.8 Å². The summed E-state index contributed by atoms with van der Waals surface area (Å²) in [6.07, 6.45) is 3.92. The molecule has 0 unspecified atom stereocenters. The van der Waals surface area contributed by atoms with E-state index in [2.05, 4.69) is 15.5 Å². The maximum atomic E-state index is 13.4. The Hall–Kier alpha value is -2.35. The third kappa shape index (κ3) is 3.33. The zero-order valence-electron chi connectivity index (χ0n) is 14.5. The first-order valence-electron chi connectivity index (χ1n) is 8.47. The molecule has 0 heterocycles. The zero-order chi connectivity index (χ0) is 19.0. The monoisotopic (exact) mass is 367 g/mol. The molecule has 8 heteroatoms. The van der Waals surface area contributed by atoms with Crippen LogP contribution in [0.15, 0.2) is 21.7 Å². The Labute approximate surface area is 148 Å². The predicted molar refractivity (Wildman–Crippen MR) is 94.3 cm³/mol. The largest absolute Gasteiger partial charge is 0.376 e. The van der Waals surface area contributed by atoms with E-state index in [-0.39, 0.29) is 29.1 Å². The minimum Gasteiger partial charge on any atom is -0.376 e. The van der Waals surface area contributed by atoms with E-state index in [1.54, 1.807) is 0 Å². The van der Waals surface area contributed by atoms with Gasteiger partial charge in [-0.25, -0.2) is 13.2 Å². The van der Waals surface area contributed by atoms with Crippen LogP contribution >= 0.6 is 0 Å². The summed E-state index contributed by atoms with van der Waals surface area (Å²) in [5.41, 5.74) is -1.51. The van der Waals surface area contributed by atoms with Gasteiger partial charge in [0.1, 0.15) is 11.4 Å². The number of likely N-dealkylation sites (N-methyl/N-ethyl adjacent to an activating group) is 1. The molecule has 5 nitrogen and oxygen atoms in total. The second kappa shape index (κ2) is 7.11. The highest BCUT2D eigenvalue weighted by atomic mass is 19.2. The van der Waals surface area contributed by atoms with E-state index in [1.165, 1.54) is 0 Å². The molecule has 140 valence electrons. The SMILES string of the molecule is CN(C)[C@@H]1CCCC[C@H]1Nc1c(Nc2cc(F)c(F)c(F)c2)c(=O)c1=O. The van der Waals surface area contributed by atoms with Crippen LogP contribution in [0.5, 0.6) is 0 Å². The molecular weight excluding hydrogens is 347 g/mol. The first-order chi connectivity index (χ1) is 12.3. The van der Waals surface area contributed by atoms with Crippen LogP contribution in [0.4, 0.5) is 30.2 Å². The minimum atomic E-state index is -1.59. The summed E-state index contributed by atoms with van der Waals surface area (Å²) in [5.74, 6) is -4.34. The summed E-state index contributed by atoms with van der Waals surface area (Å²) >= 11 is 0. The first-order valence-corrected chi connectivity index (χ1v) is 8.47. The first kappa shape index (κ1) is 18.4. The van der Waals surface area contributed by atoms with Crippen LogP contribution in [0.3, 0.4) is 0 Å². The molecule has 0 aliphatic heterocycles. The molecule has 1 aliphatic rings. The van der Waals surface area contributed by atoms with Crippen LogP contribution in [0.1, 0.15) is 25.7 Å². The lowest BCUT2D eigenvalue weighted by atomic mass is 9.89. The summed E-state index contributed by atoms with van der Waals surface area (Å²) in [6.45, 7) is 0. The van der Waals surface area contributed by atoms with Crippen LogP contribution in [0.25, 0.3) is 0 Å². The number of anilines is 3. The van der Waals surface area contributed by atoms with Crippen molar-refractivity contribution >= 4 is 17.1 Å². The Bertz CT molecular complexity index is 867. The standard InChI is InChI=1S/C18H20F3N3O2/c1-24(2)13-6-4-3-5-12(13)23-16-15(17(25)18(16)26)22-9-7-10(19)14(21)11(20)8-9/h7-8,12-13,22-23H,3-6H2,1-2H3/t12-,13-/m1/s1. The highest BCUT2D eigenvalue weighted by Crippen LogP contribution is 2.28. The molecule has 0 radical (unpaired) electrons. The third-order valence-corrected chi connectivity index (χ3v) is 4.89. The van der Waals surface area contributed by atoms with Gasteiger partial charge in [-0.2, -0.15) is 0 Å². The van der Waals surface area contributed by atoms with Gasteiger partial charge in [0.05, 0.1) is 0 Å². The summed E-state index contributed by atoms with van der Waals surface area (Å²) in [5, 5.41) is 5.66. The number of hydrogen-bond donors (Lipinski definition) is 2. The second-order valence-electron chi connectivity index (χ2n) is 6.85. The normalized spacial score (nSPS) is 20.5. The number of nitrogens with one attached hydrogen (secondary N) is 2. The van der Waals surface area contributed by atoms with Crippen LogP contribution in [0, 0.1) is 17.5 Å². The van der Waals surface area contributed by atoms with Gasteiger partial charge in [0.2, 0.25) is 0 Å². The van der Waals surface area contributed by atoms with Crippen LogP contribution in [0.2, 0.25) is 0 Å². The van der Waals surface area contributed by atoms with Gasteiger partial charge in [0, 0.05) is 29.9 Å². The summed E-state index contributed by atoms with van der Waals surface area (Å²) < 4.78 is 39.8. The Morgan fingerprint density at radius 1 is 0.962 bits per heavy atom. The molecule has 2 N–H and O–H groups in total. The Balaban J connectivity index is 1.84. The highest BCUT2D eigenvalue weighted by Gasteiger charge is 2.30. The van der Waals surface area contributed by atoms with Crippen LogP contribution in [-0.2, 0) is 0 Å². The fourth-order valence-electron chi connectivity index (χ4n) is 3.50. The molecule has 2 aromatic rings. The number of halogens is 3. The number of hydrogen-bond acceptors (Lipinski definition) is 5. The number of nitrogens with zero attached hydrogens (tertiary/aromatic N) is 1. The molecule has 0 spiro atoms. The van der Waals surface area contributed by atoms with Crippen molar-refractivity contribution < 1.29 is 13.2 Å². The van der Waals surface area contributed by atoms with Gasteiger partial charge in [-0.15, -0.1) is 0 Å². The maximum absolute atomic E-state index is 13.4. The number of rotatable bonds is 5. The molecule has 3 rings (SSSR count). The number of benzene rings is 1. The van der Waals surface area contributed by atoms with Crippen molar-refractivity contribution in [3.05, 3.63) is 50.0 Å². The van der Waals surface area contributed by atoms with Gasteiger partial charge in [-0.05, 0) is 26.9 Å². The van der Waals surface area contributed by atoms with Crippen molar-refractivity contribution in [3.63, 3.8) is 0 Å². The molecule has 1 aliphatic carbocycles. The lowest BCUT2D eigenvalue weighted by Crippen LogP contribution is -2.48. The predicted octanol–water partition coefficient (Wildman–Crippen LogP) is 2.73. The smallest absolute Gasteiger partial charge is 0.253 e. The van der Waals surface area contributed by atoms with Crippen LogP contribution in [-0.4, -0.2) is 31.1 Å². The third-order valence-electron chi connectivity index (χ3n) is 4.89. The lowest BCUT2D eigenvalue weighted by molar-refractivity contribution is 0.211. The summed E-state index contributed by atoms with van der Waals surface area (Å²) in [6, 6.07) is 1.68. The zero-order valence-corrected chi connectivity index (χ0v) is 14.5. The molecule has 2 atom stereocenters. The van der Waals surface area contributed by atoms with E-state index in [9.17, 15) is 22.8 Å². The Morgan fingerprint density at radius 2 is 1.54 bits per heavy atom. The Kier molecular flexibility index (Phi) is 5.04. The van der Waals surface area contributed by atoms with E-state index in [1.807, 2.05) is 14.1 Å². The van der Waals surface area contributed by atoms with Gasteiger partial charge in [0.25, 0.3) is 10.9 Å². The van der Waals surface area contributed by atoms with Gasteiger partial charge in [-0.3, -0.25) is 9.59 Å². The molecule has 1 saturated carbocycles. The van der Waals surface area contributed by atoms with Crippen molar-refractivity contribution in [2.45, 2.75) is 37.8 Å². The molecule has 2 aromatic carbocycles. The van der Waals surface area contributed by atoms with Crippen molar-refractivity contribution in [2.75, 3.05) is 24.7 Å².